The lowest BCUT2D eigenvalue weighted by Crippen LogP contribution is -2.53. The maximum absolute atomic E-state index is 13.2. The standard InChI is InChI=1S/C22H28FN7S/c1-2-21-27-26-17-30(21)10-9-24-22(25-16-20-4-3-15-31-20)29-13-11-28(12-14-29)19-7-5-18(23)6-8-19/h3-8,15,17H,2,9-14,16H2,1H3,(H,24,25). The van der Waals surface area contributed by atoms with Gasteiger partial charge in [-0.25, -0.2) is 9.38 Å². The van der Waals surface area contributed by atoms with E-state index in [0.29, 0.717) is 6.54 Å². The smallest absolute Gasteiger partial charge is 0.194 e. The van der Waals surface area contributed by atoms with E-state index in [4.69, 9.17) is 4.99 Å². The summed E-state index contributed by atoms with van der Waals surface area (Å²) in [6, 6.07) is 10.9. The zero-order valence-electron chi connectivity index (χ0n) is 17.7. The van der Waals surface area contributed by atoms with Gasteiger partial charge in [-0.1, -0.05) is 13.0 Å². The Balaban J connectivity index is 1.38. The number of thiophene rings is 1. The van der Waals surface area contributed by atoms with Crippen LogP contribution in [0.5, 0.6) is 0 Å². The van der Waals surface area contributed by atoms with Crippen molar-refractivity contribution < 1.29 is 4.39 Å². The van der Waals surface area contributed by atoms with Gasteiger partial charge in [-0.15, -0.1) is 21.5 Å². The summed E-state index contributed by atoms with van der Waals surface area (Å²) < 4.78 is 15.3. The Labute approximate surface area is 186 Å². The van der Waals surface area contributed by atoms with Gasteiger partial charge in [0.25, 0.3) is 0 Å². The summed E-state index contributed by atoms with van der Waals surface area (Å²) in [5, 5.41) is 13.8. The summed E-state index contributed by atoms with van der Waals surface area (Å²) in [6.45, 7) is 7.78. The third-order valence-electron chi connectivity index (χ3n) is 5.38. The highest BCUT2D eigenvalue weighted by Gasteiger charge is 2.20. The number of aromatic nitrogens is 3. The third kappa shape index (κ3) is 5.61. The van der Waals surface area contributed by atoms with Crippen molar-refractivity contribution in [1.82, 2.24) is 25.0 Å². The Bertz CT molecular complexity index is 960. The normalized spacial score (nSPS) is 14.8. The van der Waals surface area contributed by atoms with E-state index < -0.39 is 0 Å². The highest BCUT2D eigenvalue weighted by atomic mass is 32.1. The lowest BCUT2D eigenvalue weighted by Gasteiger charge is -2.37. The number of halogens is 1. The molecule has 1 aliphatic rings. The maximum Gasteiger partial charge on any atom is 0.194 e. The molecule has 0 unspecified atom stereocenters. The first kappa shape index (κ1) is 21.3. The monoisotopic (exact) mass is 441 g/mol. The number of guanidine groups is 1. The van der Waals surface area contributed by atoms with Crippen LogP contribution in [0.1, 0.15) is 17.6 Å². The number of aliphatic imine (C=N–C) groups is 1. The topological polar surface area (TPSA) is 61.6 Å². The van der Waals surface area contributed by atoms with Crippen LogP contribution in [0.4, 0.5) is 10.1 Å². The van der Waals surface area contributed by atoms with Crippen LogP contribution in [0.3, 0.4) is 0 Å². The zero-order valence-corrected chi connectivity index (χ0v) is 18.6. The van der Waals surface area contributed by atoms with Gasteiger partial charge < -0.3 is 19.7 Å². The summed E-state index contributed by atoms with van der Waals surface area (Å²) in [4.78, 5) is 10.7. The fraction of sp³-hybridized carbons (Fsp3) is 0.409. The molecule has 3 aromatic rings. The van der Waals surface area contributed by atoms with E-state index in [1.54, 1.807) is 17.7 Å². The molecule has 3 heterocycles. The second kappa shape index (κ2) is 10.4. The van der Waals surface area contributed by atoms with E-state index in [-0.39, 0.29) is 5.82 Å². The highest BCUT2D eigenvalue weighted by molar-refractivity contribution is 7.09. The minimum absolute atomic E-state index is 0.200. The van der Waals surface area contributed by atoms with E-state index in [0.717, 1.165) is 63.2 Å². The Hall–Kier alpha value is -2.94. The molecule has 1 fully saturated rings. The van der Waals surface area contributed by atoms with Crippen molar-refractivity contribution in [1.29, 1.82) is 0 Å². The van der Waals surface area contributed by atoms with Crippen molar-refractivity contribution in [2.24, 2.45) is 4.99 Å². The number of nitrogens with one attached hydrogen (secondary N) is 1. The minimum atomic E-state index is -0.200. The Kier molecular flexibility index (Phi) is 7.14. The molecule has 1 aromatic carbocycles. The molecule has 0 amide bonds. The number of aryl methyl sites for hydroxylation is 1. The molecule has 4 rings (SSSR count). The van der Waals surface area contributed by atoms with Crippen molar-refractivity contribution in [3.05, 3.63) is 64.6 Å². The summed E-state index contributed by atoms with van der Waals surface area (Å²) in [5.41, 5.74) is 1.06. The van der Waals surface area contributed by atoms with E-state index in [9.17, 15) is 4.39 Å². The van der Waals surface area contributed by atoms with Crippen LogP contribution >= 0.6 is 11.3 Å². The molecule has 1 N–H and O–H groups in total. The predicted molar refractivity (Wildman–Crippen MR) is 123 cm³/mol. The molecule has 1 saturated heterocycles. The molecule has 0 saturated carbocycles. The molecule has 0 radical (unpaired) electrons. The van der Waals surface area contributed by atoms with Gasteiger partial charge in [0, 0.05) is 56.3 Å². The molecule has 0 bridgehead atoms. The van der Waals surface area contributed by atoms with Gasteiger partial charge in [0.2, 0.25) is 0 Å². The summed E-state index contributed by atoms with van der Waals surface area (Å²) in [6.07, 6.45) is 2.65. The number of benzene rings is 1. The third-order valence-corrected chi connectivity index (χ3v) is 6.24. The van der Waals surface area contributed by atoms with E-state index in [1.807, 2.05) is 12.1 Å². The predicted octanol–water partition coefficient (Wildman–Crippen LogP) is 3.01. The Morgan fingerprint density at radius 2 is 1.97 bits per heavy atom. The lowest BCUT2D eigenvalue weighted by atomic mass is 10.2. The molecule has 31 heavy (non-hydrogen) atoms. The quantitative estimate of drug-likeness (QED) is 0.451. The van der Waals surface area contributed by atoms with E-state index in [1.165, 1.54) is 17.0 Å². The molecule has 1 aliphatic heterocycles. The maximum atomic E-state index is 13.2. The van der Waals surface area contributed by atoms with Crippen LogP contribution in [0, 0.1) is 5.82 Å². The molecular weight excluding hydrogens is 413 g/mol. The van der Waals surface area contributed by atoms with Crippen molar-refractivity contribution in [3.8, 4) is 0 Å². The van der Waals surface area contributed by atoms with Crippen LogP contribution in [-0.2, 0) is 19.5 Å². The molecule has 0 aliphatic carbocycles. The van der Waals surface area contributed by atoms with Gasteiger partial charge in [-0.05, 0) is 35.7 Å². The summed E-state index contributed by atoms with van der Waals surface area (Å²) in [7, 11) is 0. The largest absolute Gasteiger partial charge is 0.368 e. The lowest BCUT2D eigenvalue weighted by molar-refractivity contribution is 0.370. The molecule has 9 heteroatoms. The second-order valence-corrected chi connectivity index (χ2v) is 8.42. The number of nitrogens with zero attached hydrogens (tertiary/aromatic N) is 6. The Morgan fingerprint density at radius 1 is 1.16 bits per heavy atom. The Morgan fingerprint density at radius 3 is 2.68 bits per heavy atom. The minimum Gasteiger partial charge on any atom is -0.368 e. The molecule has 7 nitrogen and oxygen atoms in total. The van der Waals surface area contributed by atoms with Crippen LogP contribution in [0.25, 0.3) is 0 Å². The van der Waals surface area contributed by atoms with Crippen LogP contribution < -0.4 is 10.2 Å². The van der Waals surface area contributed by atoms with E-state index in [2.05, 4.69) is 54.3 Å². The number of anilines is 1. The van der Waals surface area contributed by atoms with Gasteiger partial charge >= 0.3 is 0 Å². The first-order valence-corrected chi connectivity index (χ1v) is 11.5. The van der Waals surface area contributed by atoms with Crippen molar-refractivity contribution in [2.75, 3.05) is 37.6 Å². The fourth-order valence-corrected chi connectivity index (χ4v) is 4.31. The van der Waals surface area contributed by atoms with Gasteiger partial charge in [-0.2, -0.15) is 0 Å². The summed E-state index contributed by atoms with van der Waals surface area (Å²) >= 11 is 1.72. The molecule has 164 valence electrons. The van der Waals surface area contributed by atoms with Crippen LogP contribution in [0.15, 0.2) is 53.1 Å². The van der Waals surface area contributed by atoms with Gasteiger partial charge in [0.1, 0.15) is 18.0 Å². The average molecular weight is 442 g/mol. The molecule has 2 aromatic heterocycles. The molecular formula is C22H28FN7S. The van der Waals surface area contributed by atoms with Crippen molar-refractivity contribution >= 4 is 23.0 Å². The number of piperazine rings is 1. The molecule has 0 spiro atoms. The average Bonchev–Trinajstić information content (AvgIpc) is 3.48. The first-order valence-electron chi connectivity index (χ1n) is 10.7. The van der Waals surface area contributed by atoms with Crippen molar-refractivity contribution in [2.45, 2.75) is 26.4 Å². The molecule has 0 atom stereocenters. The number of hydrogen-bond acceptors (Lipinski definition) is 5. The summed E-state index contributed by atoms with van der Waals surface area (Å²) in [5.74, 6) is 1.72. The van der Waals surface area contributed by atoms with Gasteiger partial charge in [0.15, 0.2) is 5.96 Å². The number of rotatable bonds is 7. The van der Waals surface area contributed by atoms with Gasteiger partial charge in [-0.3, -0.25) is 0 Å². The zero-order chi connectivity index (χ0) is 21.5. The van der Waals surface area contributed by atoms with Gasteiger partial charge in [0.05, 0.1) is 6.54 Å². The van der Waals surface area contributed by atoms with Crippen LogP contribution in [0.2, 0.25) is 0 Å². The highest BCUT2D eigenvalue weighted by Crippen LogP contribution is 2.17. The first-order chi connectivity index (χ1) is 15.2. The number of hydrogen-bond donors (Lipinski definition) is 1. The SMILES string of the molecule is CCc1nncn1CCNC(=NCc1cccs1)N1CCN(c2ccc(F)cc2)CC1. The fourth-order valence-electron chi connectivity index (χ4n) is 3.68. The van der Waals surface area contributed by atoms with Crippen molar-refractivity contribution in [3.63, 3.8) is 0 Å². The van der Waals surface area contributed by atoms with E-state index >= 15 is 0 Å². The van der Waals surface area contributed by atoms with Crippen LogP contribution in [-0.4, -0.2) is 58.3 Å². The second-order valence-electron chi connectivity index (χ2n) is 7.39.